The van der Waals surface area contributed by atoms with E-state index in [0.29, 0.717) is 0 Å². The van der Waals surface area contributed by atoms with Gasteiger partial charge in [-0.05, 0) is 93.2 Å². The molecule has 0 saturated carbocycles. The summed E-state index contributed by atoms with van der Waals surface area (Å²) in [7, 11) is 0. The SMILES string of the molecule is Cc1c(-c2ccccc2)cccc1-c1ccc(-c2cc[c-]c(-c3cc(C(C)(C)C)ccn3)c2)c2cc(-c3ccccc3)ncc12.Cc1ccnc(-c2[c-]cccc2)c1.[Ir]. The Kier molecular flexibility index (Phi) is 12.5. The summed E-state index contributed by atoms with van der Waals surface area (Å²) in [6, 6.07) is 63.6. The zero-order valence-corrected chi connectivity index (χ0v) is 36.4. The smallest absolute Gasteiger partial charge is 0.0708 e. The zero-order valence-electron chi connectivity index (χ0n) is 34.0. The summed E-state index contributed by atoms with van der Waals surface area (Å²) in [6.45, 7) is 11.0. The van der Waals surface area contributed by atoms with Gasteiger partial charge in [-0.15, -0.1) is 71.3 Å². The van der Waals surface area contributed by atoms with Gasteiger partial charge in [-0.1, -0.05) is 129 Å². The molecule has 0 aliphatic carbocycles. The summed E-state index contributed by atoms with van der Waals surface area (Å²) < 4.78 is 0. The number of pyridine rings is 3. The molecule has 0 N–H and O–H groups in total. The van der Waals surface area contributed by atoms with Crippen LogP contribution in [0.15, 0.2) is 182 Å². The second-order valence-electron chi connectivity index (χ2n) is 15.7. The molecule has 3 nitrogen and oxygen atoms in total. The van der Waals surface area contributed by atoms with Crippen LogP contribution in [0.3, 0.4) is 0 Å². The van der Waals surface area contributed by atoms with E-state index in [2.05, 4.69) is 179 Å². The molecule has 6 aromatic carbocycles. The molecular formula is C55H45IrN3-2. The molecule has 9 rings (SSSR count). The number of aromatic nitrogens is 3. The van der Waals surface area contributed by atoms with Crippen LogP contribution in [-0.4, -0.2) is 15.0 Å². The Bertz CT molecular complexity index is 2830. The van der Waals surface area contributed by atoms with Crippen molar-refractivity contribution in [1.82, 2.24) is 15.0 Å². The van der Waals surface area contributed by atoms with Crippen LogP contribution in [0.25, 0.3) is 77.9 Å². The first-order valence-electron chi connectivity index (χ1n) is 19.8. The van der Waals surface area contributed by atoms with Gasteiger partial charge in [0.05, 0.1) is 5.69 Å². The van der Waals surface area contributed by atoms with Crippen LogP contribution in [0.4, 0.5) is 0 Å². The second kappa shape index (κ2) is 18.1. The van der Waals surface area contributed by atoms with Gasteiger partial charge < -0.3 is 9.97 Å². The molecule has 0 amide bonds. The van der Waals surface area contributed by atoms with Crippen molar-refractivity contribution >= 4 is 10.8 Å². The van der Waals surface area contributed by atoms with E-state index in [-0.39, 0.29) is 25.5 Å². The first-order valence-corrected chi connectivity index (χ1v) is 19.8. The van der Waals surface area contributed by atoms with Crippen LogP contribution >= 0.6 is 0 Å². The first-order chi connectivity index (χ1) is 28.2. The molecule has 0 saturated heterocycles. The van der Waals surface area contributed by atoms with Crippen molar-refractivity contribution in [3.63, 3.8) is 0 Å². The molecule has 1 radical (unpaired) electrons. The molecular weight excluding hydrogens is 895 g/mol. The average molecular weight is 940 g/mol. The van der Waals surface area contributed by atoms with Crippen LogP contribution in [0, 0.1) is 26.0 Å². The molecule has 0 fully saturated rings. The molecule has 9 aromatic rings. The molecule has 0 bridgehead atoms. The third-order valence-corrected chi connectivity index (χ3v) is 10.6. The minimum Gasteiger partial charge on any atom is -0.305 e. The van der Waals surface area contributed by atoms with E-state index in [9.17, 15) is 0 Å². The Morgan fingerprint density at radius 1 is 0.441 bits per heavy atom. The average Bonchev–Trinajstić information content (AvgIpc) is 3.27. The summed E-state index contributed by atoms with van der Waals surface area (Å²) >= 11 is 0. The Labute approximate surface area is 362 Å². The van der Waals surface area contributed by atoms with E-state index in [4.69, 9.17) is 9.97 Å². The van der Waals surface area contributed by atoms with Gasteiger partial charge in [0, 0.05) is 49.6 Å². The maximum atomic E-state index is 4.99. The largest absolute Gasteiger partial charge is 0.305 e. The standard InChI is InChI=1S/C43H35N2.C12H10N.Ir/c1-29-35(30-13-7-5-8-14-30)19-12-20-36(29)38-22-21-37(39-27-42(45-28-40(38)39)31-15-9-6-10-16-31)32-17-11-18-33(25-32)41-26-34(23-24-44-41)43(2,3)4;1-10-7-8-13-12(9-10)11-5-3-2-4-6-11;/h5-17,19-28H,1-4H3;2-5,7-9H,1H3;/q2*-1;. The minimum atomic E-state index is 0. The van der Waals surface area contributed by atoms with Gasteiger partial charge >= 0.3 is 0 Å². The van der Waals surface area contributed by atoms with Crippen molar-refractivity contribution in [2.75, 3.05) is 0 Å². The molecule has 0 aliphatic rings. The predicted octanol–water partition coefficient (Wildman–Crippen LogP) is 14.2. The summed E-state index contributed by atoms with van der Waals surface area (Å²) in [5, 5.41) is 2.29. The van der Waals surface area contributed by atoms with E-state index in [0.717, 1.165) is 50.3 Å². The Balaban J connectivity index is 0.000000321. The van der Waals surface area contributed by atoms with Crippen molar-refractivity contribution in [3.8, 4) is 67.2 Å². The number of aryl methyl sites for hydroxylation is 1. The summed E-state index contributed by atoms with van der Waals surface area (Å²) in [4.78, 5) is 14.0. The van der Waals surface area contributed by atoms with Crippen LogP contribution in [0.5, 0.6) is 0 Å². The van der Waals surface area contributed by atoms with Gasteiger partial charge in [-0.25, -0.2) is 0 Å². The Hall–Kier alpha value is -6.32. The van der Waals surface area contributed by atoms with Crippen LogP contribution in [-0.2, 0) is 25.5 Å². The van der Waals surface area contributed by atoms with E-state index >= 15 is 0 Å². The Morgan fingerprint density at radius 3 is 1.81 bits per heavy atom. The van der Waals surface area contributed by atoms with E-state index in [1.807, 2.05) is 54.9 Å². The maximum absolute atomic E-state index is 4.99. The number of hydrogen-bond donors (Lipinski definition) is 0. The molecule has 0 unspecified atom stereocenters. The van der Waals surface area contributed by atoms with Crippen LogP contribution < -0.4 is 0 Å². The topological polar surface area (TPSA) is 38.7 Å². The number of rotatable bonds is 6. The summed E-state index contributed by atoms with van der Waals surface area (Å²) in [5.41, 5.74) is 16.9. The van der Waals surface area contributed by atoms with E-state index in [1.165, 1.54) is 44.3 Å². The van der Waals surface area contributed by atoms with Crippen molar-refractivity contribution in [2.24, 2.45) is 0 Å². The van der Waals surface area contributed by atoms with Crippen molar-refractivity contribution in [2.45, 2.75) is 40.0 Å². The quantitative estimate of drug-likeness (QED) is 0.156. The number of fused-ring (bicyclic) bond motifs is 1. The Morgan fingerprint density at radius 2 is 1.10 bits per heavy atom. The maximum Gasteiger partial charge on any atom is 0.0708 e. The second-order valence-corrected chi connectivity index (χ2v) is 15.7. The number of hydrogen-bond acceptors (Lipinski definition) is 3. The third-order valence-electron chi connectivity index (χ3n) is 10.6. The fraction of sp³-hybridized carbons (Fsp3) is 0.109. The first kappa shape index (κ1) is 40.9. The van der Waals surface area contributed by atoms with Crippen LogP contribution in [0.1, 0.15) is 37.5 Å². The van der Waals surface area contributed by atoms with E-state index in [1.54, 1.807) is 0 Å². The number of benzene rings is 6. The fourth-order valence-corrected chi connectivity index (χ4v) is 7.41. The van der Waals surface area contributed by atoms with Gasteiger partial charge in [-0.3, -0.25) is 4.98 Å². The van der Waals surface area contributed by atoms with Gasteiger partial charge in [0.2, 0.25) is 0 Å². The third kappa shape index (κ3) is 9.21. The van der Waals surface area contributed by atoms with E-state index < -0.39 is 0 Å². The van der Waals surface area contributed by atoms with Gasteiger partial charge in [0.1, 0.15) is 0 Å². The summed E-state index contributed by atoms with van der Waals surface area (Å²) in [6.07, 6.45) is 5.78. The molecule has 59 heavy (non-hydrogen) atoms. The fourth-order valence-electron chi connectivity index (χ4n) is 7.41. The van der Waals surface area contributed by atoms with Crippen LogP contribution in [0.2, 0.25) is 0 Å². The number of nitrogens with zero attached hydrogens (tertiary/aromatic N) is 3. The molecule has 3 aromatic heterocycles. The molecule has 4 heteroatoms. The molecule has 3 heterocycles. The van der Waals surface area contributed by atoms with Crippen molar-refractivity contribution in [1.29, 1.82) is 0 Å². The summed E-state index contributed by atoms with van der Waals surface area (Å²) in [5.74, 6) is 0. The molecule has 0 aliphatic heterocycles. The predicted molar refractivity (Wildman–Crippen MR) is 242 cm³/mol. The normalized spacial score (nSPS) is 11.0. The molecule has 0 spiro atoms. The van der Waals surface area contributed by atoms with Gasteiger partial charge in [-0.2, -0.15) is 0 Å². The zero-order chi connectivity index (χ0) is 40.1. The molecule has 0 atom stereocenters. The monoisotopic (exact) mass is 940 g/mol. The van der Waals surface area contributed by atoms with Gasteiger partial charge in [0.25, 0.3) is 0 Å². The van der Waals surface area contributed by atoms with Gasteiger partial charge in [0.15, 0.2) is 0 Å². The molecule has 291 valence electrons. The minimum absolute atomic E-state index is 0. The van der Waals surface area contributed by atoms with Crippen molar-refractivity contribution < 1.29 is 20.1 Å². The van der Waals surface area contributed by atoms with Crippen molar-refractivity contribution in [3.05, 3.63) is 211 Å².